The van der Waals surface area contributed by atoms with Crippen LogP contribution >= 0.6 is 27.3 Å². The number of halogens is 1. The third kappa shape index (κ3) is 5.06. The zero-order valence-corrected chi connectivity index (χ0v) is 17.4. The molecule has 1 heterocycles. The van der Waals surface area contributed by atoms with Crippen LogP contribution in [0.25, 0.3) is 6.08 Å². The number of nitrogens with one attached hydrogen (secondary N) is 1. The summed E-state index contributed by atoms with van der Waals surface area (Å²) in [5, 5.41) is 14.1. The summed E-state index contributed by atoms with van der Waals surface area (Å²) in [6.45, 7) is 2.50. The number of thiazole rings is 1. The summed E-state index contributed by atoms with van der Waals surface area (Å²) in [6, 6.07) is 15.4. The first-order valence-electron chi connectivity index (χ1n) is 8.36. The summed E-state index contributed by atoms with van der Waals surface area (Å²) >= 11 is 4.78. The Balaban J connectivity index is 1.72. The molecule has 0 saturated heterocycles. The Hall–Kier alpha value is -2.95. The maximum atomic E-state index is 12.2. The zero-order valence-electron chi connectivity index (χ0n) is 15.0. The molecule has 5 nitrogen and oxygen atoms in total. The van der Waals surface area contributed by atoms with Crippen LogP contribution in [0.5, 0.6) is 5.75 Å². The van der Waals surface area contributed by atoms with Crippen molar-refractivity contribution in [1.82, 2.24) is 4.98 Å². The molecule has 1 amide bonds. The molecule has 2 aromatic carbocycles. The highest BCUT2D eigenvalue weighted by Gasteiger charge is 2.11. The van der Waals surface area contributed by atoms with E-state index in [1.807, 2.05) is 43.3 Å². The van der Waals surface area contributed by atoms with Gasteiger partial charge in [-0.25, -0.2) is 4.98 Å². The van der Waals surface area contributed by atoms with Crippen LogP contribution in [0.15, 0.2) is 64.1 Å². The van der Waals surface area contributed by atoms with Crippen molar-refractivity contribution in [2.75, 3.05) is 5.32 Å². The molecule has 7 heteroatoms. The summed E-state index contributed by atoms with van der Waals surface area (Å²) in [5.74, 6) is 0.194. The number of nitriles is 1. The van der Waals surface area contributed by atoms with Crippen molar-refractivity contribution in [2.45, 2.75) is 13.5 Å². The Labute approximate surface area is 175 Å². The number of benzene rings is 2. The average Bonchev–Trinajstić information content (AvgIpc) is 3.19. The normalized spacial score (nSPS) is 11.0. The van der Waals surface area contributed by atoms with Gasteiger partial charge in [-0.1, -0.05) is 30.3 Å². The van der Waals surface area contributed by atoms with Crippen LogP contribution in [0.2, 0.25) is 0 Å². The number of ether oxygens (including phenoxy) is 1. The van der Waals surface area contributed by atoms with Crippen molar-refractivity contribution >= 4 is 44.4 Å². The van der Waals surface area contributed by atoms with E-state index in [1.165, 1.54) is 23.0 Å². The lowest BCUT2D eigenvalue weighted by molar-refractivity contribution is -0.112. The summed E-state index contributed by atoms with van der Waals surface area (Å²) in [4.78, 5) is 16.2. The molecule has 0 aliphatic carbocycles. The Morgan fingerprint density at radius 2 is 2.18 bits per heavy atom. The lowest BCUT2D eigenvalue weighted by atomic mass is 10.1. The highest BCUT2D eigenvalue weighted by atomic mass is 79.9. The number of carbonyl (C=O) groups is 1. The Bertz CT molecular complexity index is 1060. The molecular weight excluding hydrogens is 438 g/mol. The first kappa shape index (κ1) is 19.8. The summed E-state index contributed by atoms with van der Waals surface area (Å²) in [7, 11) is 0. The van der Waals surface area contributed by atoms with Gasteiger partial charge in [0.1, 0.15) is 24.0 Å². The monoisotopic (exact) mass is 453 g/mol. The zero-order chi connectivity index (χ0) is 19.9. The predicted molar refractivity (Wildman–Crippen MR) is 114 cm³/mol. The van der Waals surface area contributed by atoms with Crippen molar-refractivity contribution < 1.29 is 9.53 Å². The number of carbonyl (C=O) groups excluding carboxylic acids is 1. The second-order valence-corrected chi connectivity index (χ2v) is 7.62. The van der Waals surface area contributed by atoms with Crippen LogP contribution in [0.4, 0.5) is 5.13 Å². The minimum Gasteiger partial charge on any atom is -0.488 e. The van der Waals surface area contributed by atoms with Crippen LogP contribution in [0, 0.1) is 18.3 Å². The number of aryl methyl sites for hydroxylation is 1. The molecule has 0 spiro atoms. The first-order valence-corrected chi connectivity index (χ1v) is 10.0. The van der Waals surface area contributed by atoms with Crippen LogP contribution in [-0.4, -0.2) is 10.9 Å². The molecule has 3 rings (SSSR count). The summed E-state index contributed by atoms with van der Waals surface area (Å²) < 4.78 is 6.63. The molecule has 0 bridgehead atoms. The first-order chi connectivity index (χ1) is 13.6. The Morgan fingerprint density at radius 3 is 2.86 bits per heavy atom. The van der Waals surface area contributed by atoms with Crippen LogP contribution in [0.3, 0.4) is 0 Å². The second kappa shape index (κ2) is 9.31. The quantitative estimate of drug-likeness (QED) is 0.403. The fourth-order valence-corrected chi connectivity index (χ4v) is 3.45. The lowest BCUT2D eigenvalue weighted by Crippen LogP contribution is -2.13. The smallest absolute Gasteiger partial charge is 0.268 e. The minimum absolute atomic E-state index is 0.00400. The molecule has 140 valence electrons. The molecule has 0 aliphatic heterocycles. The molecule has 0 unspecified atom stereocenters. The third-order valence-electron chi connectivity index (χ3n) is 3.93. The number of nitrogens with zero attached hydrogens (tertiary/aromatic N) is 2. The number of aromatic nitrogens is 1. The van der Waals surface area contributed by atoms with Gasteiger partial charge in [-0.3, -0.25) is 10.1 Å². The molecule has 3 aromatic rings. The standard InChI is InChI=1S/C21H16BrN3O2S/c1-14-4-2-3-5-16(14)13-27-19-7-6-15(11-18(19)22)10-17(12-23)20(26)25-21-24-8-9-28-21/h2-11H,13H2,1H3,(H,24,25,26)/b17-10-. The number of hydrogen-bond donors (Lipinski definition) is 1. The molecule has 0 radical (unpaired) electrons. The minimum atomic E-state index is -0.492. The van der Waals surface area contributed by atoms with Crippen molar-refractivity contribution in [2.24, 2.45) is 0 Å². The number of rotatable bonds is 6. The van der Waals surface area contributed by atoms with Gasteiger partial charge in [0.15, 0.2) is 5.13 Å². The summed E-state index contributed by atoms with van der Waals surface area (Å²) in [6.07, 6.45) is 3.11. The van der Waals surface area contributed by atoms with E-state index in [1.54, 1.807) is 23.7 Å². The van der Waals surface area contributed by atoms with E-state index >= 15 is 0 Å². The van der Waals surface area contributed by atoms with E-state index in [4.69, 9.17) is 4.74 Å². The van der Waals surface area contributed by atoms with Gasteiger partial charge in [0.2, 0.25) is 0 Å². The highest BCUT2D eigenvalue weighted by Crippen LogP contribution is 2.28. The van der Waals surface area contributed by atoms with E-state index in [0.717, 1.165) is 10.0 Å². The molecular formula is C21H16BrN3O2S. The number of amides is 1. The topological polar surface area (TPSA) is 75.0 Å². The molecule has 0 saturated carbocycles. The van der Waals surface area contributed by atoms with Gasteiger partial charge in [-0.15, -0.1) is 11.3 Å². The molecule has 0 atom stereocenters. The average molecular weight is 454 g/mol. The lowest BCUT2D eigenvalue weighted by Gasteiger charge is -2.10. The van der Waals surface area contributed by atoms with Crippen molar-refractivity contribution in [3.8, 4) is 11.8 Å². The Kier molecular flexibility index (Phi) is 6.58. The molecule has 1 N–H and O–H groups in total. The van der Waals surface area contributed by atoms with E-state index in [-0.39, 0.29) is 5.57 Å². The van der Waals surface area contributed by atoms with Gasteiger partial charge in [0.05, 0.1) is 4.47 Å². The largest absolute Gasteiger partial charge is 0.488 e. The van der Waals surface area contributed by atoms with Crippen molar-refractivity contribution in [1.29, 1.82) is 5.26 Å². The second-order valence-electron chi connectivity index (χ2n) is 5.87. The predicted octanol–water partition coefficient (Wildman–Crippen LogP) is 5.34. The summed E-state index contributed by atoms with van der Waals surface area (Å²) in [5.41, 5.74) is 2.99. The van der Waals surface area contributed by atoms with Gasteiger partial charge >= 0.3 is 0 Å². The molecule has 28 heavy (non-hydrogen) atoms. The van der Waals surface area contributed by atoms with Gasteiger partial charge in [-0.05, 0) is 57.8 Å². The Morgan fingerprint density at radius 1 is 1.36 bits per heavy atom. The van der Waals surface area contributed by atoms with Gasteiger partial charge in [0.25, 0.3) is 5.91 Å². The number of hydrogen-bond acceptors (Lipinski definition) is 5. The van der Waals surface area contributed by atoms with E-state index in [9.17, 15) is 10.1 Å². The highest BCUT2D eigenvalue weighted by molar-refractivity contribution is 9.10. The molecule has 1 aromatic heterocycles. The van der Waals surface area contributed by atoms with E-state index in [2.05, 4.69) is 26.2 Å². The fourth-order valence-electron chi connectivity index (χ4n) is 2.42. The van der Waals surface area contributed by atoms with E-state index < -0.39 is 5.91 Å². The van der Waals surface area contributed by atoms with Crippen LogP contribution < -0.4 is 10.1 Å². The van der Waals surface area contributed by atoms with Gasteiger partial charge < -0.3 is 4.74 Å². The van der Waals surface area contributed by atoms with Gasteiger partial charge in [-0.2, -0.15) is 5.26 Å². The van der Waals surface area contributed by atoms with E-state index in [0.29, 0.717) is 23.1 Å². The molecule has 0 fully saturated rings. The van der Waals surface area contributed by atoms with Crippen LogP contribution in [-0.2, 0) is 11.4 Å². The number of anilines is 1. The fraction of sp³-hybridized carbons (Fsp3) is 0.0952. The van der Waals surface area contributed by atoms with Crippen molar-refractivity contribution in [3.05, 3.63) is 80.8 Å². The van der Waals surface area contributed by atoms with Crippen molar-refractivity contribution in [3.63, 3.8) is 0 Å². The van der Waals surface area contributed by atoms with Gasteiger partial charge in [0, 0.05) is 11.6 Å². The third-order valence-corrected chi connectivity index (χ3v) is 5.24. The maximum Gasteiger partial charge on any atom is 0.268 e. The van der Waals surface area contributed by atoms with Crippen LogP contribution in [0.1, 0.15) is 16.7 Å². The maximum absolute atomic E-state index is 12.2. The SMILES string of the molecule is Cc1ccccc1COc1ccc(/C=C(/C#N)C(=O)Nc2nccs2)cc1Br. The molecule has 0 aliphatic rings.